The Bertz CT molecular complexity index is 474. The van der Waals surface area contributed by atoms with Crippen LogP contribution in [0.1, 0.15) is 37.4 Å². The molecule has 18 heavy (non-hydrogen) atoms. The lowest BCUT2D eigenvalue weighted by atomic mass is 10.3. The van der Waals surface area contributed by atoms with E-state index in [2.05, 4.69) is 24.2 Å². The second-order valence-electron chi connectivity index (χ2n) is 4.67. The largest absolute Gasteiger partial charge is 0.360 e. The van der Waals surface area contributed by atoms with E-state index >= 15 is 0 Å². The molecular weight excluding hydrogens is 246 g/mol. The van der Waals surface area contributed by atoms with Crippen LogP contribution < -0.4 is 5.32 Å². The summed E-state index contributed by atoms with van der Waals surface area (Å²) in [6.07, 6.45) is 10.5. The molecule has 1 aliphatic rings. The summed E-state index contributed by atoms with van der Waals surface area (Å²) < 4.78 is 6.48. The second-order valence-corrected chi connectivity index (χ2v) is 5.42. The quantitative estimate of drug-likeness (QED) is 0.780. The first kappa shape index (κ1) is 11.6. The number of aryl methyl sites for hydroxylation is 1. The van der Waals surface area contributed by atoms with Crippen molar-refractivity contribution in [2.24, 2.45) is 0 Å². The molecule has 0 spiro atoms. The van der Waals surface area contributed by atoms with E-state index in [9.17, 15) is 0 Å². The van der Waals surface area contributed by atoms with Gasteiger partial charge >= 0.3 is 0 Å². The van der Waals surface area contributed by atoms with Crippen LogP contribution in [0.25, 0.3) is 0 Å². The van der Waals surface area contributed by atoms with E-state index < -0.39 is 0 Å². The fourth-order valence-electron chi connectivity index (χ4n) is 1.85. The van der Waals surface area contributed by atoms with Crippen LogP contribution in [0.2, 0.25) is 0 Å². The SMILES string of the molecule is c1cn(CCCCNc2nc(C3CC3)ns2)cn1. The highest BCUT2D eigenvalue weighted by atomic mass is 32.1. The number of imidazole rings is 1. The van der Waals surface area contributed by atoms with Crippen molar-refractivity contribution >= 4 is 16.7 Å². The molecule has 0 aromatic carbocycles. The van der Waals surface area contributed by atoms with Crippen molar-refractivity contribution in [1.29, 1.82) is 0 Å². The Morgan fingerprint density at radius 1 is 1.39 bits per heavy atom. The topological polar surface area (TPSA) is 55.6 Å². The van der Waals surface area contributed by atoms with Crippen molar-refractivity contribution in [3.05, 3.63) is 24.5 Å². The molecule has 2 heterocycles. The van der Waals surface area contributed by atoms with Crippen LogP contribution in [0.3, 0.4) is 0 Å². The highest BCUT2D eigenvalue weighted by molar-refractivity contribution is 7.09. The Morgan fingerprint density at radius 3 is 3.11 bits per heavy atom. The molecule has 3 rings (SSSR count). The molecular formula is C12H17N5S. The molecule has 96 valence electrons. The average molecular weight is 263 g/mol. The number of hydrogen-bond donors (Lipinski definition) is 1. The van der Waals surface area contributed by atoms with Gasteiger partial charge in [0, 0.05) is 42.9 Å². The van der Waals surface area contributed by atoms with Crippen molar-refractivity contribution in [2.45, 2.75) is 38.1 Å². The monoisotopic (exact) mass is 263 g/mol. The Hall–Kier alpha value is -1.43. The van der Waals surface area contributed by atoms with Crippen LogP contribution in [0.4, 0.5) is 5.13 Å². The van der Waals surface area contributed by atoms with Gasteiger partial charge in [-0.3, -0.25) is 0 Å². The molecule has 1 aliphatic carbocycles. The molecule has 0 bridgehead atoms. The number of hydrogen-bond acceptors (Lipinski definition) is 5. The summed E-state index contributed by atoms with van der Waals surface area (Å²) in [5.74, 6) is 1.69. The van der Waals surface area contributed by atoms with E-state index in [4.69, 9.17) is 0 Å². The van der Waals surface area contributed by atoms with Crippen LogP contribution in [0.15, 0.2) is 18.7 Å². The minimum atomic E-state index is 0.651. The lowest BCUT2D eigenvalue weighted by Crippen LogP contribution is -2.03. The number of unbranched alkanes of at least 4 members (excludes halogenated alkanes) is 1. The lowest BCUT2D eigenvalue weighted by molar-refractivity contribution is 0.621. The molecule has 0 radical (unpaired) electrons. The fourth-order valence-corrected chi connectivity index (χ4v) is 2.52. The van der Waals surface area contributed by atoms with Crippen molar-refractivity contribution in [2.75, 3.05) is 11.9 Å². The van der Waals surface area contributed by atoms with Gasteiger partial charge in [-0.2, -0.15) is 4.37 Å². The van der Waals surface area contributed by atoms with E-state index in [-0.39, 0.29) is 0 Å². The van der Waals surface area contributed by atoms with Crippen molar-refractivity contribution in [3.8, 4) is 0 Å². The zero-order chi connectivity index (χ0) is 12.2. The van der Waals surface area contributed by atoms with Crippen LogP contribution in [-0.4, -0.2) is 25.5 Å². The molecule has 0 unspecified atom stereocenters. The Labute approximate surface area is 110 Å². The molecule has 1 saturated carbocycles. The third-order valence-corrected chi connectivity index (χ3v) is 3.75. The Balaban J connectivity index is 1.33. The normalized spacial score (nSPS) is 14.9. The highest BCUT2D eigenvalue weighted by Gasteiger charge is 2.27. The van der Waals surface area contributed by atoms with Gasteiger partial charge in [0.25, 0.3) is 0 Å². The van der Waals surface area contributed by atoms with Gasteiger partial charge in [0.2, 0.25) is 5.13 Å². The predicted octanol–water partition coefficient (Wildman–Crippen LogP) is 2.50. The molecule has 1 fully saturated rings. The smallest absolute Gasteiger partial charge is 0.202 e. The maximum atomic E-state index is 4.50. The number of aromatic nitrogens is 4. The van der Waals surface area contributed by atoms with Crippen LogP contribution >= 0.6 is 11.5 Å². The predicted molar refractivity (Wildman–Crippen MR) is 71.8 cm³/mol. The summed E-state index contributed by atoms with van der Waals surface area (Å²) in [6, 6.07) is 0. The van der Waals surface area contributed by atoms with Gasteiger partial charge in [-0.15, -0.1) is 0 Å². The van der Waals surface area contributed by atoms with Crippen molar-refractivity contribution in [3.63, 3.8) is 0 Å². The van der Waals surface area contributed by atoms with E-state index in [1.165, 1.54) is 24.4 Å². The van der Waals surface area contributed by atoms with Crippen molar-refractivity contribution < 1.29 is 0 Å². The summed E-state index contributed by atoms with van der Waals surface area (Å²) in [7, 11) is 0. The van der Waals surface area contributed by atoms with Crippen LogP contribution in [0.5, 0.6) is 0 Å². The summed E-state index contributed by atoms with van der Waals surface area (Å²) in [5.41, 5.74) is 0. The maximum absolute atomic E-state index is 4.50. The van der Waals surface area contributed by atoms with E-state index in [1.54, 1.807) is 0 Å². The van der Waals surface area contributed by atoms with Gasteiger partial charge in [0.1, 0.15) is 5.82 Å². The van der Waals surface area contributed by atoms with Gasteiger partial charge in [-0.05, 0) is 25.7 Å². The van der Waals surface area contributed by atoms with Gasteiger partial charge in [0.05, 0.1) is 6.33 Å². The Morgan fingerprint density at radius 2 is 2.33 bits per heavy atom. The minimum Gasteiger partial charge on any atom is -0.360 e. The summed E-state index contributed by atoms with van der Waals surface area (Å²) in [6.45, 7) is 2.00. The number of nitrogens with one attached hydrogen (secondary N) is 1. The maximum Gasteiger partial charge on any atom is 0.202 e. The molecule has 0 atom stereocenters. The molecule has 6 heteroatoms. The summed E-state index contributed by atoms with van der Waals surface area (Å²) in [4.78, 5) is 8.53. The highest BCUT2D eigenvalue weighted by Crippen LogP contribution is 2.39. The van der Waals surface area contributed by atoms with E-state index in [1.807, 2.05) is 18.7 Å². The van der Waals surface area contributed by atoms with Gasteiger partial charge in [0.15, 0.2) is 0 Å². The molecule has 0 aliphatic heterocycles. The third-order valence-electron chi connectivity index (χ3n) is 3.06. The lowest BCUT2D eigenvalue weighted by Gasteiger charge is -2.03. The fraction of sp³-hybridized carbons (Fsp3) is 0.583. The molecule has 0 saturated heterocycles. The first-order valence-electron chi connectivity index (χ1n) is 6.45. The second kappa shape index (κ2) is 5.48. The van der Waals surface area contributed by atoms with Crippen LogP contribution in [-0.2, 0) is 6.54 Å². The number of anilines is 1. The zero-order valence-electron chi connectivity index (χ0n) is 10.2. The number of rotatable bonds is 7. The summed E-state index contributed by atoms with van der Waals surface area (Å²) >= 11 is 1.49. The first-order valence-corrected chi connectivity index (χ1v) is 7.22. The molecule has 5 nitrogen and oxygen atoms in total. The first-order chi connectivity index (χ1) is 8.92. The van der Waals surface area contributed by atoms with Gasteiger partial charge < -0.3 is 9.88 Å². The molecule has 2 aromatic heterocycles. The Kier molecular flexibility index (Phi) is 3.54. The number of nitrogens with zero attached hydrogens (tertiary/aromatic N) is 4. The van der Waals surface area contributed by atoms with E-state index in [0.717, 1.165) is 36.9 Å². The molecule has 2 aromatic rings. The van der Waals surface area contributed by atoms with Gasteiger partial charge in [-0.1, -0.05) is 0 Å². The van der Waals surface area contributed by atoms with E-state index in [0.29, 0.717) is 5.92 Å². The molecule has 0 amide bonds. The van der Waals surface area contributed by atoms with Crippen molar-refractivity contribution in [1.82, 2.24) is 18.9 Å². The average Bonchev–Trinajstić information content (AvgIpc) is 2.92. The van der Waals surface area contributed by atoms with Gasteiger partial charge in [-0.25, -0.2) is 9.97 Å². The zero-order valence-corrected chi connectivity index (χ0v) is 11.1. The standard InChI is InChI=1S/C12H17N5S/c1(2-7-17-8-6-13-9-17)5-14-12-15-11(16-18-12)10-3-4-10/h6,8-10H,1-5,7H2,(H,14,15,16). The third kappa shape index (κ3) is 3.07. The minimum absolute atomic E-state index is 0.651. The van der Waals surface area contributed by atoms with Crippen LogP contribution in [0, 0.1) is 0 Å². The summed E-state index contributed by atoms with van der Waals surface area (Å²) in [5, 5.41) is 4.32. The molecule has 1 N–H and O–H groups in total.